The van der Waals surface area contributed by atoms with Crippen molar-refractivity contribution in [2.45, 2.75) is 50.7 Å². The van der Waals surface area contributed by atoms with E-state index in [1.807, 2.05) is 6.92 Å². The Balaban J connectivity index is 1.64. The van der Waals surface area contributed by atoms with Crippen molar-refractivity contribution in [3.63, 3.8) is 0 Å². The van der Waals surface area contributed by atoms with Gasteiger partial charge in [-0.3, -0.25) is 4.79 Å². The molecule has 2 aromatic heterocycles. The number of imidazole rings is 1. The molecule has 7 heteroatoms. The number of hydrogen-bond donors (Lipinski definition) is 1. The highest BCUT2D eigenvalue weighted by molar-refractivity contribution is 7.99. The third kappa shape index (κ3) is 3.92. The van der Waals surface area contributed by atoms with Crippen molar-refractivity contribution in [3.05, 3.63) is 34.7 Å². The molecule has 3 rings (SSSR count). The Kier molecular flexibility index (Phi) is 5.46. The molecule has 1 aliphatic carbocycles. The van der Waals surface area contributed by atoms with Gasteiger partial charge in [-0.15, -0.1) is 0 Å². The predicted octanol–water partition coefficient (Wildman–Crippen LogP) is 4.39. The molecule has 0 spiro atoms. The van der Waals surface area contributed by atoms with E-state index in [2.05, 4.69) is 26.8 Å². The number of amides is 1. The van der Waals surface area contributed by atoms with Gasteiger partial charge in [0, 0.05) is 17.9 Å². The highest BCUT2D eigenvalue weighted by Crippen LogP contribution is 2.35. The Morgan fingerprint density at radius 1 is 1.38 bits per heavy atom. The number of carbonyl (C=O) groups excluding carboxylic acids is 1. The molecule has 0 atom stereocenters. The van der Waals surface area contributed by atoms with Crippen LogP contribution in [0, 0.1) is 13.8 Å². The van der Waals surface area contributed by atoms with Crippen LogP contribution in [0.15, 0.2) is 23.5 Å². The van der Waals surface area contributed by atoms with Crippen LogP contribution in [0.4, 0.5) is 5.82 Å². The maximum atomic E-state index is 12.2. The zero-order valence-corrected chi connectivity index (χ0v) is 15.5. The molecule has 1 N–H and O–H groups in total. The summed E-state index contributed by atoms with van der Waals surface area (Å²) in [5.41, 5.74) is 2.26. The maximum Gasteiger partial charge on any atom is 0.236 e. The van der Waals surface area contributed by atoms with Crippen LogP contribution in [0.3, 0.4) is 0 Å². The number of halogens is 1. The van der Waals surface area contributed by atoms with Crippen molar-refractivity contribution in [2.24, 2.45) is 0 Å². The SMILES string of the molecule is Cc1nc(SCC(=O)Nc2ccc(Cl)cn2)n(C2CCCC2)c1C. The molecule has 0 aliphatic heterocycles. The number of nitrogens with one attached hydrogen (secondary N) is 1. The zero-order chi connectivity index (χ0) is 17.1. The summed E-state index contributed by atoms with van der Waals surface area (Å²) in [5, 5.41) is 4.27. The minimum Gasteiger partial charge on any atom is -0.320 e. The van der Waals surface area contributed by atoms with Crippen LogP contribution >= 0.6 is 23.4 Å². The van der Waals surface area contributed by atoms with Crippen molar-refractivity contribution < 1.29 is 4.79 Å². The highest BCUT2D eigenvalue weighted by atomic mass is 35.5. The third-order valence-corrected chi connectivity index (χ3v) is 5.55. The molecule has 0 bridgehead atoms. The van der Waals surface area contributed by atoms with E-state index in [9.17, 15) is 4.79 Å². The number of anilines is 1. The molecule has 5 nitrogen and oxygen atoms in total. The van der Waals surface area contributed by atoms with Gasteiger partial charge in [0.1, 0.15) is 5.82 Å². The van der Waals surface area contributed by atoms with E-state index in [0.29, 0.717) is 22.6 Å². The summed E-state index contributed by atoms with van der Waals surface area (Å²) in [6, 6.07) is 3.92. The first-order valence-electron chi connectivity index (χ1n) is 8.14. The van der Waals surface area contributed by atoms with E-state index in [-0.39, 0.29) is 5.91 Å². The van der Waals surface area contributed by atoms with E-state index < -0.39 is 0 Å². The molecular formula is C17H21ClN4OS. The number of thioether (sulfide) groups is 1. The molecule has 24 heavy (non-hydrogen) atoms. The number of aryl methyl sites for hydroxylation is 1. The van der Waals surface area contributed by atoms with Crippen LogP contribution < -0.4 is 5.32 Å². The molecule has 1 amide bonds. The van der Waals surface area contributed by atoms with Crippen LogP contribution in [0.2, 0.25) is 5.02 Å². The van der Waals surface area contributed by atoms with Gasteiger partial charge in [0.25, 0.3) is 0 Å². The lowest BCUT2D eigenvalue weighted by Gasteiger charge is -2.16. The molecule has 1 aliphatic rings. The van der Waals surface area contributed by atoms with Crippen LogP contribution in [-0.2, 0) is 4.79 Å². The van der Waals surface area contributed by atoms with Crippen molar-refractivity contribution >= 4 is 35.1 Å². The van der Waals surface area contributed by atoms with Crippen LogP contribution in [0.5, 0.6) is 0 Å². The van der Waals surface area contributed by atoms with Gasteiger partial charge in [-0.05, 0) is 38.8 Å². The molecular weight excluding hydrogens is 344 g/mol. The van der Waals surface area contributed by atoms with Crippen LogP contribution in [0.1, 0.15) is 43.1 Å². The molecule has 1 saturated carbocycles. The highest BCUT2D eigenvalue weighted by Gasteiger charge is 2.23. The molecule has 0 unspecified atom stereocenters. The van der Waals surface area contributed by atoms with E-state index in [4.69, 9.17) is 11.6 Å². The Hall–Kier alpha value is -1.53. The Labute approximate surface area is 151 Å². The molecule has 2 aromatic rings. The van der Waals surface area contributed by atoms with Gasteiger partial charge in [-0.25, -0.2) is 9.97 Å². The number of rotatable bonds is 5. The van der Waals surface area contributed by atoms with Gasteiger partial charge in [0.2, 0.25) is 5.91 Å². The Bertz CT molecular complexity index is 723. The quantitative estimate of drug-likeness (QED) is 0.799. The Morgan fingerprint density at radius 3 is 2.79 bits per heavy atom. The number of nitrogens with zero attached hydrogens (tertiary/aromatic N) is 3. The van der Waals surface area contributed by atoms with Gasteiger partial charge in [0.05, 0.1) is 16.5 Å². The fraction of sp³-hybridized carbons (Fsp3) is 0.471. The third-order valence-electron chi connectivity index (χ3n) is 4.37. The first-order chi connectivity index (χ1) is 11.5. The van der Waals surface area contributed by atoms with Crippen molar-refractivity contribution in [2.75, 3.05) is 11.1 Å². The van der Waals surface area contributed by atoms with Crippen molar-refractivity contribution in [1.82, 2.24) is 14.5 Å². The minimum absolute atomic E-state index is 0.0916. The topological polar surface area (TPSA) is 59.8 Å². The summed E-state index contributed by atoms with van der Waals surface area (Å²) >= 11 is 7.28. The standard InChI is InChI=1S/C17H21ClN4OS/c1-11-12(2)22(14-5-3-4-6-14)17(20-11)24-10-16(23)21-15-8-7-13(18)9-19-15/h7-9,14H,3-6,10H2,1-2H3,(H,19,21,23). The number of carbonyl (C=O) groups is 1. The van der Waals surface area contributed by atoms with Gasteiger partial charge in [0.15, 0.2) is 5.16 Å². The lowest BCUT2D eigenvalue weighted by molar-refractivity contribution is -0.113. The van der Waals surface area contributed by atoms with E-state index in [1.54, 1.807) is 12.1 Å². The van der Waals surface area contributed by atoms with E-state index >= 15 is 0 Å². The lowest BCUT2D eigenvalue weighted by Crippen LogP contribution is -2.16. The monoisotopic (exact) mass is 364 g/mol. The lowest BCUT2D eigenvalue weighted by atomic mass is 10.2. The van der Waals surface area contributed by atoms with Gasteiger partial charge in [-0.1, -0.05) is 36.2 Å². The van der Waals surface area contributed by atoms with Gasteiger partial charge in [-0.2, -0.15) is 0 Å². The second-order valence-corrected chi connectivity index (χ2v) is 7.45. The average molecular weight is 365 g/mol. The predicted molar refractivity (Wildman–Crippen MR) is 97.8 cm³/mol. The Morgan fingerprint density at radius 2 is 2.12 bits per heavy atom. The van der Waals surface area contributed by atoms with Gasteiger partial charge < -0.3 is 9.88 Å². The van der Waals surface area contributed by atoms with Crippen LogP contribution in [0.25, 0.3) is 0 Å². The molecule has 0 aromatic carbocycles. The summed E-state index contributed by atoms with van der Waals surface area (Å²) in [4.78, 5) is 20.9. The first kappa shape index (κ1) is 17.3. The molecule has 0 saturated heterocycles. The normalized spacial score (nSPS) is 15.0. The number of hydrogen-bond acceptors (Lipinski definition) is 4. The zero-order valence-electron chi connectivity index (χ0n) is 13.9. The summed E-state index contributed by atoms with van der Waals surface area (Å²) in [6.07, 6.45) is 6.46. The molecule has 1 fully saturated rings. The average Bonchev–Trinajstić information content (AvgIpc) is 3.17. The summed E-state index contributed by atoms with van der Waals surface area (Å²) in [6.45, 7) is 4.14. The fourth-order valence-electron chi connectivity index (χ4n) is 3.05. The van der Waals surface area contributed by atoms with E-state index in [1.165, 1.54) is 49.3 Å². The smallest absolute Gasteiger partial charge is 0.236 e. The largest absolute Gasteiger partial charge is 0.320 e. The second-order valence-electron chi connectivity index (χ2n) is 6.07. The van der Waals surface area contributed by atoms with Crippen LogP contribution in [-0.4, -0.2) is 26.2 Å². The molecule has 128 valence electrons. The molecule has 2 heterocycles. The molecule has 0 radical (unpaired) electrons. The minimum atomic E-state index is -0.0916. The fourth-order valence-corrected chi connectivity index (χ4v) is 4.12. The maximum absolute atomic E-state index is 12.2. The summed E-state index contributed by atoms with van der Waals surface area (Å²) in [5.74, 6) is 0.731. The summed E-state index contributed by atoms with van der Waals surface area (Å²) in [7, 11) is 0. The first-order valence-corrected chi connectivity index (χ1v) is 9.50. The van der Waals surface area contributed by atoms with Crippen molar-refractivity contribution in [3.8, 4) is 0 Å². The second kappa shape index (κ2) is 7.57. The van der Waals surface area contributed by atoms with Crippen molar-refractivity contribution in [1.29, 1.82) is 0 Å². The number of pyridine rings is 1. The summed E-state index contributed by atoms with van der Waals surface area (Å²) < 4.78 is 2.32. The van der Waals surface area contributed by atoms with E-state index in [0.717, 1.165) is 10.9 Å². The number of aromatic nitrogens is 3. The van der Waals surface area contributed by atoms with Gasteiger partial charge >= 0.3 is 0 Å².